The van der Waals surface area contributed by atoms with Gasteiger partial charge in [0.15, 0.2) is 0 Å². The SMILES string of the molecule is CCN(C1CCCC1)S(=O)(=O)c1ccc(Cl)c(N)c1. The molecule has 0 saturated heterocycles. The fourth-order valence-electron chi connectivity index (χ4n) is 2.63. The normalized spacial score (nSPS) is 17.2. The molecule has 0 unspecified atom stereocenters. The van der Waals surface area contributed by atoms with Crippen molar-refractivity contribution in [2.45, 2.75) is 43.5 Å². The predicted octanol–water partition coefficient (Wildman–Crippen LogP) is 2.88. The van der Waals surface area contributed by atoms with Crippen LogP contribution < -0.4 is 5.73 Å². The molecule has 0 bridgehead atoms. The minimum atomic E-state index is -3.48. The average molecular weight is 303 g/mol. The zero-order valence-corrected chi connectivity index (χ0v) is 12.5. The summed E-state index contributed by atoms with van der Waals surface area (Å²) in [5.41, 5.74) is 5.99. The van der Waals surface area contributed by atoms with E-state index in [1.807, 2.05) is 6.92 Å². The predicted molar refractivity (Wildman–Crippen MR) is 77.7 cm³/mol. The average Bonchev–Trinajstić information content (AvgIpc) is 2.86. The first-order chi connectivity index (χ1) is 8.96. The van der Waals surface area contributed by atoms with Gasteiger partial charge in [0.25, 0.3) is 0 Å². The molecule has 1 saturated carbocycles. The Kier molecular flexibility index (Phi) is 4.38. The molecule has 0 radical (unpaired) electrons. The van der Waals surface area contributed by atoms with Gasteiger partial charge in [-0.05, 0) is 31.0 Å². The maximum Gasteiger partial charge on any atom is 0.243 e. The highest BCUT2D eigenvalue weighted by Crippen LogP contribution is 2.30. The van der Waals surface area contributed by atoms with Gasteiger partial charge < -0.3 is 5.73 Å². The number of nitrogen functional groups attached to an aromatic ring is 1. The van der Waals surface area contributed by atoms with Crippen LogP contribution in [0.15, 0.2) is 23.1 Å². The second-order valence-corrected chi connectivity index (χ2v) is 7.13. The van der Waals surface area contributed by atoms with E-state index < -0.39 is 10.0 Å². The third kappa shape index (κ3) is 2.88. The summed E-state index contributed by atoms with van der Waals surface area (Å²) < 4.78 is 26.9. The second kappa shape index (κ2) is 5.69. The highest BCUT2D eigenvalue weighted by Gasteiger charge is 2.32. The van der Waals surface area contributed by atoms with Gasteiger partial charge in [0.2, 0.25) is 10.0 Å². The Hall–Kier alpha value is -0.780. The summed E-state index contributed by atoms with van der Waals surface area (Å²) in [4.78, 5) is 0.225. The van der Waals surface area contributed by atoms with Gasteiger partial charge in [0.1, 0.15) is 0 Å². The molecule has 19 heavy (non-hydrogen) atoms. The van der Waals surface area contributed by atoms with Crippen LogP contribution in [0, 0.1) is 0 Å². The molecule has 2 N–H and O–H groups in total. The molecule has 0 aliphatic heterocycles. The number of hydrogen-bond acceptors (Lipinski definition) is 3. The number of halogens is 1. The van der Waals surface area contributed by atoms with Crippen LogP contribution in [0.2, 0.25) is 5.02 Å². The van der Waals surface area contributed by atoms with Gasteiger partial charge in [0.05, 0.1) is 15.6 Å². The minimum Gasteiger partial charge on any atom is -0.397 e. The van der Waals surface area contributed by atoms with E-state index in [0.29, 0.717) is 17.3 Å². The molecule has 0 aromatic heterocycles. The van der Waals surface area contributed by atoms with Crippen LogP contribution in [0.1, 0.15) is 32.6 Å². The fraction of sp³-hybridized carbons (Fsp3) is 0.538. The molecule has 2 rings (SSSR count). The van der Waals surface area contributed by atoms with Crippen LogP contribution in [0.3, 0.4) is 0 Å². The molecular formula is C13H19ClN2O2S. The van der Waals surface area contributed by atoms with Crippen LogP contribution in [0.5, 0.6) is 0 Å². The lowest BCUT2D eigenvalue weighted by Gasteiger charge is -2.26. The summed E-state index contributed by atoms with van der Waals surface area (Å²) >= 11 is 5.84. The van der Waals surface area contributed by atoms with E-state index in [2.05, 4.69) is 0 Å². The van der Waals surface area contributed by atoms with Crippen molar-refractivity contribution in [3.8, 4) is 0 Å². The lowest BCUT2D eigenvalue weighted by Crippen LogP contribution is -2.38. The van der Waals surface area contributed by atoms with Gasteiger partial charge in [-0.25, -0.2) is 8.42 Å². The first-order valence-corrected chi connectivity index (χ1v) is 8.35. The summed E-state index contributed by atoms with van der Waals surface area (Å²) in [5.74, 6) is 0. The van der Waals surface area contributed by atoms with Crippen molar-refractivity contribution in [3.63, 3.8) is 0 Å². The molecule has 1 aliphatic rings. The standard InChI is InChI=1S/C13H19ClN2O2S/c1-2-16(10-5-3-4-6-10)19(17,18)11-7-8-12(14)13(15)9-11/h7-10H,2-6,15H2,1H3. The van der Waals surface area contributed by atoms with E-state index in [0.717, 1.165) is 25.7 Å². The highest BCUT2D eigenvalue weighted by atomic mass is 35.5. The molecule has 0 spiro atoms. The summed E-state index contributed by atoms with van der Waals surface area (Å²) in [6.45, 7) is 2.35. The molecule has 1 aliphatic carbocycles. The lowest BCUT2D eigenvalue weighted by molar-refractivity contribution is 0.335. The number of benzene rings is 1. The molecule has 1 fully saturated rings. The Morgan fingerprint density at radius 2 is 2.00 bits per heavy atom. The Morgan fingerprint density at radius 1 is 1.37 bits per heavy atom. The lowest BCUT2D eigenvalue weighted by atomic mass is 10.2. The van der Waals surface area contributed by atoms with Crippen LogP contribution >= 0.6 is 11.6 Å². The van der Waals surface area contributed by atoms with E-state index in [4.69, 9.17) is 17.3 Å². The third-order valence-electron chi connectivity index (χ3n) is 3.62. The maximum absolute atomic E-state index is 12.6. The van der Waals surface area contributed by atoms with Crippen molar-refractivity contribution in [3.05, 3.63) is 23.2 Å². The molecule has 0 amide bonds. The topological polar surface area (TPSA) is 63.4 Å². The van der Waals surface area contributed by atoms with Crippen molar-refractivity contribution < 1.29 is 8.42 Å². The first-order valence-electron chi connectivity index (χ1n) is 6.53. The smallest absolute Gasteiger partial charge is 0.243 e. The number of nitrogens with two attached hydrogens (primary N) is 1. The number of nitrogens with zero attached hydrogens (tertiary/aromatic N) is 1. The Balaban J connectivity index is 2.36. The van der Waals surface area contributed by atoms with Gasteiger partial charge in [-0.2, -0.15) is 4.31 Å². The Labute approximate surface area is 119 Å². The van der Waals surface area contributed by atoms with Gasteiger partial charge in [-0.15, -0.1) is 0 Å². The van der Waals surface area contributed by atoms with Gasteiger partial charge in [0, 0.05) is 12.6 Å². The Bertz CT molecular complexity index is 554. The Morgan fingerprint density at radius 3 is 2.53 bits per heavy atom. The van der Waals surface area contributed by atoms with Crippen molar-refractivity contribution in [2.24, 2.45) is 0 Å². The molecule has 0 heterocycles. The largest absolute Gasteiger partial charge is 0.397 e. The van der Waals surface area contributed by atoms with Crippen molar-refractivity contribution >= 4 is 27.3 Å². The fourth-order valence-corrected chi connectivity index (χ4v) is 4.48. The zero-order chi connectivity index (χ0) is 14.0. The number of hydrogen-bond donors (Lipinski definition) is 1. The highest BCUT2D eigenvalue weighted by molar-refractivity contribution is 7.89. The second-order valence-electron chi connectivity index (χ2n) is 4.83. The number of anilines is 1. The van der Waals surface area contributed by atoms with E-state index in [-0.39, 0.29) is 10.9 Å². The molecule has 0 atom stereocenters. The first kappa shape index (κ1) is 14.6. The van der Waals surface area contributed by atoms with E-state index in [9.17, 15) is 8.42 Å². The summed E-state index contributed by atoms with van der Waals surface area (Å²) in [6.07, 6.45) is 4.07. The van der Waals surface area contributed by atoms with Crippen LogP contribution in [0.4, 0.5) is 5.69 Å². The monoisotopic (exact) mass is 302 g/mol. The third-order valence-corrected chi connectivity index (χ3v) is 5.99. The molecule has 1 aromatic rings. The van der Waals surface area contributed by atoms with Crippen LogP contribution in [-0.2, 0) is 10.0 Å². The quantitative estimate of drug-likeness (QED) is 0.870. The van der Waals surface area contributed by atoms with Crippen molar-refractivity contribution in [1.82, 2.24) is 4.31 Å². The molecule has 1 aromatic carbocycles. The maximum atomic E-state index is 12.6. The van der Waals surface area contributed by atoms with Gasteiger partial charge >= 0.3 is 0 Å². The van der Waals surface area contributed by atoms with Crippen molar-refractivity contribution in [1.29, 1.82) is 0 Å². The van der Waals surface area contributed by atoms with E-state index in [1.165, 1.54) is 18.2 Å². The zero-order valence-electron chi connectivity index (χ0n) is 11.0. The summed E-state index contributed by atoms with van der Waals surface area (Å²) in [6, 6.07) is 4.61. The number of sulfonamides is 1. The molecule has 4 nitrogen and oxygen atoms in total. The molecule has 106 valence electrons. The summed E-state index contributed by atoms with van der Waals surface area (Å²) in [7, 11) is -3.48. The summed E-state index contributed by atoms with van der Waals surface area (Å²) in [5, 5.41) is 0.378. The van der Waals surface area contributed by atoms with E-state index >= 15 is 0 Å². The van der Waals surface area contributed by atoms with Crippen LogP contribution in [0.25, 0.3) is 0 Å². The molecule has 6 heteroatoms. The van der Waals surface area contributed by atoms with E-state index in [1.54, 1.807) is 4.31 Å². The minimum absolute atomic E-state index is 0.118. The van der Waals surface area contributed by atoms with Gasteiger partial charge in [-0.3, -0.25) is 0 Å². The van der Waals surface area contributed by atoms with Crippen LogP contribution in [-0.4, -0.2) is 25.3 Å². The van der Waals surface area contributed by atoms with Crippen molar-refractivity contribution in [2.75, 3.05) is 12.3 Å². The molecular weight excluding hydrogens is 284 g/mol. The number of rotatable bonds is 4. The van der Waals surface area contributed by atoms with Gasteiger partial charge in [-0.1, -0.05) is 31.4 Å².